The lowest BCUT2D eigenvalue weighted by Crippen LogP contribution is -2.47. The molecule has 9 heteroatoms. The minimum absolute atomic E-state index is 0.203. The molecule has 1 aliphatic carbocycles. The first-order valence-corrected chi connectivity index (χ1v) is 10.8. The molecule has 0 atom stereocenters. The van der Waals surface area contributed by atoms with Gasteiger partial charge < -0.3 is 20.4 Å². The molecule has 34 heavy (non-hydrogen) atoms. The number of nitrogens with zero attached hydrogens (tertiary/aromatic N) is 1. The standard InChI is InChI=1S/C25H24N4O5/c1-34-25(33)17-12-18(13-17)27-24(32)21-26-14-19(23(31)29-21)22(30)28-20(15-8-4-2-5-9-15)16-10-6-3-7-11-16/h2-11,14,17-18,20H,12-13H2,1H3,(H,27,32)(H,28,30)(H,26,29,31). The minimum atomic E-state index is -0.724. The van der Waals surface area contributed by atoms with E-state index in [1.165, 1.54) is 7.11 Å². The fourth-order valence-electron chi connectivity index (χ4n) is 3.88. The SMILES string of the molecule is COC(=O)C1CC(NC(=O)c2ncc(C(=O)NC(c3ccccc3)c3ccccc3)c(=O)[nH]2)C1. The van der Waals surface area contributed by atoms with Crippen LogP contribution in [0.1, 0.15) is 51.0 Å². The van der Waals surface area contributed by atoms with Crippen molar-refractivity contribution in [2.45, 2.75) is 24.9 Å². The molecule has 4 rings (SSSR count). The van der Waals surface area contributed by atoms with Gasteiger partial charge in [-0.2, -0.15) is 0 Å². The van der Waals surface area contributed by atoms with E-state index in [0.29, 0.717) is 12.8 Å². The van der Waals surface area contributed by atoms with Crippen LogP contribution in [0.4, 0.5) is 0 Å². The van der Waals surface area contributed by atoms with Crippen molar-refractivity contribution in [1.29, 1.82) is 0 Å². The molecule has 9 nitrogen and oxygen atoms in total. The van der Waals surface area contributed by atoms with Gasteiger partial charge in [0.1, 0.15) is 5.56 Å². The van der Waals surface area contributed by atoms with Crippen molar-refractivity contribution in [2.75, 3.05) is 7.11 Å². The van der Waals surface area contributed by atoms with E-state index in [2.05, 4.69) is 25.3 Å². The Labute approximate surface area is 195 Å². The van der Waals surface area contributed by atoms with E-state index in [1.54, 1.807) is 0 Å². The van der Waals surface area contributed by atoms with Crippen LogP contribution < -0.4 is 16.2 Å². The topological polar surface area (TPSA) is 130 Å². The summed E-state index contributed by atoms with van der Waals surface area (Å²) in [6, 6.07) is 18.1. The number of ether oxygens (including phenoxy) is 1. The molecule has 1 aliphatic rings. The number of nitrogens with one attached hydrogen (secondary N) is 3. The number of aromatic nitrogens is 2. The highest BCUT2D eigenvalue weighted by Gasteiger charge is 2.36. The van der Waals surface area contributed by atoms with E-state index >= 15 is 0 Å². The van der Waals surface area contributed by atoms with E-state index in [9.17, 15) is 19.2 Å². The number of methoxy groups -OCH3 is 1. The van der Waals surface area contributed by atoms with E-state index in [-0.39, 0.29) is 29.3 Å². The second kappa shape index (κ2) is 10.1. The molecule has 2 aromatic carbocycles. The van der Waals surface area contributed by atoms with Crippen LogP contribution in [0.3, 0.4) is 0 Å². The first-order chi connectivity index (χ1) is 16.5. The van der Waals surface area contributed by atoms with Crippen molar-refractivity contribution in [3.8, 4) is 0 Å². The molecule has 174 valence electrons. The van der Waals surface area contributed by atoms with Crippen molar-refractivity contribution < 1.29 is 19.1 Å². The van der Waals surface area contributed by atoms with Crippen LogP contribution in [0.15, 0.2) is 71.7 Å². The largest absolute Gasteiger partial charge is 0.469 e. The van der Waals surface area contributed by atoms with E-state index in [0.717, 1.165) is 17.3 Å². The zero-order valence-corrected chi connectivity index (χ0v) is 18.5. The Morgan fingerprint density at radius 2 is 1.56 bits per heavy atom. The van der Waals surface area contributed by atoms with Gasteiger partial charge >= 0.3 is 5.97 Å². The van der Waals surface area contributed by atoms with Crippen LogP contribution in [-0.2, 0) is 9.53 Å². The molecular formula is C25H24N4O5. The third kappa shape index (κ3) is 5.03. The summed E-state index contributed by atoms with van der Waals surface area (Å²) in [6.45, 7) is 0. The second-order valence-electron chi connectivity index (χ2n) is 8.06. The highest BCUT2D eigenvalue weighted by Crippen LogP contribution is 2.28. The van der Waals surface area contributed by atoms with E-state index in [4.69, 9.17) is 0 Å². The maximum atomic E-state index is 12.9. The first kappa shape index (κ1) is 22.9. The van der Waals surface area contributed by atoms with Gasteiger partial charge in [0.15, 0.2) is 5.82 Å². The molecule has 1 saturated carbocycles. The number of hydrogen-bond acceptors (Lipinski definition) is 6. The van der Waals surface area contributed by atoms with Crippen molar-refractivity contribution in [1.82, 2.24) is 20.6 Å². The van der Waals surface area contributed by atoms with Gasteiger partial charge in [0.05, 0.1) is 19.1 Å². The van der Waals surface area contributed by atoms with Gasteiger partial charge in [-0.3, -0.25) is 19.2 Å². The quantitative estimate of drug-likeness (QED) is 0.462. The van der Waals surface area contributed by atoms with Crippen LogP contribution in [0, 0.1) is 5.92 Å². The summed E-state index contributed by atoms with van der Waals surface area (Å²) in [4.78, 5) is 55.8. The highest BCUT2D eigenvalue weighted by atomic mass is 16.5. The van der Waals surface area contributed by atoms with Crippen LogP contribution in [0.25, 0.3) is 0 Å². The van der Waals surface area contributed by atoms with Crippen molar-refractivity contribution in [2.24, 2.45) is 5.92 Å². The van der Waals surface area contributed by atoms with Crippen molar-refractivity contribution >= 4 is 17.8 Å². The Kier molecular flexibility index (Phi) is 6.82. The smallest absolute Gasteiger partial charge is 0.308 e. The predicted octanol–water partition coefficient (Wildman–Crippen LogP) is 1.97. The normalized spacial score (nSPS) is 16.9. The fourth-order valence-corrected chi connectivity index (χ4v) is 3.88. The summed E-state index contributed by atoms with van der Waals surface area (Å²) in [7, 11) is 1.32. The summed E-state index contributed by atoms with van der Waals surface area (Å²) in [5.74, 6) is -1.94. The molecule has 3 aromatic rings. The van der Waals surface area contributed by atoms with Crippen LogP contribution >= 0.6 is 0 Å². The summed E-state index contributed by atoms with van der Waals surface area (Å²) >= 11 is 0. The average molecular weight is 460 g/mol. The lowest BCUT2D eigenvalue weighted by Gasteiger charge is -2.33. The minimum Gasteiger partial charge on any atom is -0.469 e. The number of H-pyrrole nitrogens is 1. The second-order valence-corrected chi connectivity index (χ2v) is 8.06. The molecule has 3 N–H and O–H groups in total. The predicted molar refractivity (Wildman–Crippen MR) is 123 cm³/mol. The van der Waals surface area contributed by atoms with Gasteiger partial charge in [-0.1, -0.05) is 60.7 Å². The molecule has 0 spiro atoms. The Hall–Kier alpha value is -4.27. The summed E-state index contributed by atoms with van der Waals surface area (Å²) in [5.41, 5.74) is 0.780. The average Bonchev–Trinajstić information content (AvgIpc) is 2.84. The maximum Gasteiger partial charge on any atom is 0.308 e. The number of amides is 2. The summed E-state index contributed by atoms with van der Waals surface area (Å²) in [6.07, 6.45) is 2.02. The number of hydrogen-bond donors (Lipinski definition) is 3. The van der Waals surface area contributed by atoms with Crippen LogP contribution in [-0.4, -0.2) is 40.9 Å². The molecule has 0 bridgehead atoms. The van der Waals surface area contributed by atoms with Crippen LogP contribution in [0.2, 0.25) is 0 Å². The number of carbonyl (C=O) groups excluding carboxylic acids is 3. The van der Waals surface area contributed by atoms with Gasteiger partial charge in [-0.15, -0.1) is 0 Å². The van der Waals surface area contributed by atoms with Gasteiger partial charge in [0, 0.05) is 12.2 Å². The zero-order valence-electron chi connectivity index (χ0n) is 18.5. The number of carbonyl (C=O) groups is 3. The van der Waals surface area contributed by atoms with Gasteiger partial charge in [0.25, 0.3) is 17.4 Å². The molecule has 0 radical (unpaired) electrons. The van der Waals surface area contributed by atoms with E-state index in [1.807, 2.05) is 60.7 Å². The monoisotopic (exact) mass is 460 g/mol. The number of benzene rings is 2. The number of aromatic amines is 1. The van der Waals surface area contributed by atoms with Gasteiger partial charge in [-0.25, -0.2) is 4.98 Å². The molecule has 1 fully saturated rings. The molecular weight excluding hydrogens is 436 g/mol. The summed E-state index contributed by atoms with van der Waals surface area (Å²) in [5, 5.41) is 5.60. The molecule has 0 unspecified atom stereocenters. The third-order valence-electron chi connectivity index (χ3n) is 5.81. The Balaban J connectivity index is 1.46. The Morgan fingerprint density at radius 1 is 0.971 bits per heavy atom. The Bertz CT molecular complexity index is 1200. The van der Waals surface area contributed by atoms with Crippen LogP contribution in [0.5, 0.6) is 0 Å². The van der Waals surface area contributed by atoms with Crippen molar-refractivity contribution in [3.05, 3.63) is 99.7 Å². The van der Waals surface area contributed by atoms with E-state index < -0.39 is 23.4 Å². The molecule has 1 heterocycles. The van der Waals surface area contributed by atoms with Gasteiger partial charge in [0.2, 0.25) is 0 Å². The first-order valence-electron chi connectivity index (χ1n) is 10.8. The number of rotatable bonds is 7. The molecule has 0 aliphatic heterocycles. The fraction of sp³-hybridized carbons (Fsp3) is 0.240. The summed E-state index contributed by atoms with van der Waals surface area (Å²) < 4.78 is 4.68. The molecule has 2 amide bonds. The lowest BCUT2D eigenvalue weighted by atomic mass is 9.80. The lowest BCUT2D eigenvalue weighted by molar-refractivity contribution is -0.149. The van der Waals surface area contributed by atoms with Gasteiger partial charge in [-0.05, 0) is 24.0 Å². The maximum absolute atomic E-state index is 12.9. The zero-order chi connectivity index (χ0) is 24.1. The highest BCUT2D eigenvalue weighted by molar-refractivity contribution is 5.95. The molecule has 0 saturated heterocycles. The number of esters is 1. The Morgan fingerprint density at radius 3 is 2.09 bits per heavy atom. The molecule has 1 aromatic heterocycles. The third-order valence-corrected chi connectivity index (χ3v) is 5.81. The van der Waals surface area contributed by atoms with Crippen molar-refractivity contribution in [3.63, 3.8) is 0 Å².